The summed E-state index contributed by atoms with van der Waals surface area (Å²) in [5.41, 5.74) is 0. The van der Waals surface area contributed by atoms with Crippen LogP contribution >= 0.6 is 0 Å². The number of hydrogen-bond donors (Lipinski definition) is 1. The van der Waals surface area contributed by atoms with E-state index >= 15 is 0 Å². The van der Waals surface area contributed by atoms with Gasteiger partial charge in [0.25, 0.3) is 0 Å². The van der Waals surface area contributed by atoms with Gasteiger partial charge in [-0.3, -0.25) is 9.22 Å². The van der Waals surface area contributed by atoms with Gasteiger partial charge < -0.3 is 14.8 Å². The van der Waals surface area contributed by atoms with Gasteiger partial charge in [-0.25, -0.2) is 13.9 Å². The van der Waals surface area contributed by atoms with Gasteiger partial charge in [0.15, 0.2) is 25.8 Å². The van der Waals surface area contributed by atoms with Crippen molar-refractivity contribution in [2.24, 2.45) is 18.1 Å². The molecule has 3 aliphatic rings. The molecule has 0 saturated carbocycles. The Labute approximate surface area is 153 Å². The predicted molar refractivity (Wildman–Crippen MR) is 92.5 cm³/mol. The fraction of sp³-hybridized carbons (Fsp3) is 0.706. The molecule has 3 saturated heterocycles. The second kappa shape index (κ2) is 7.63. The number of nitrogens with zero attached hydrogens (tertiary/aromatic N) is 5. The summed E-state index contributed by atoms with van der Waals surface area (Å²) >= 11 is 0. The van der Waals surface area contributed by atoms with Crippen molar-refractivity contribution >= 4 is 12.3 Å². The highest BCUT2D eigenvalue weighted by atomic mass is 16.6. The second-order valence-electron chi connectivity index (χ2n) is 7.57. The van der Waals surface area contributed by atoms with Crippen LogP contribution in [0.25, 0.3) is 0 Å². The van der Waals surface area contributed by atoms with Crippen LogP contribution in [0.3, 0.4) is 0 Å². The summed E-state index contributed by atoms with van der Waals surface area (Å²) in [5.74, 6) is 1.22. The fourth-order valence-corrected chi connectivity index (χ4v) is 3.97. The zero-order valence-corrected chi connectivity index (χ0v) is 15.7. The number of imidazole rings is 1. The minimum absolute atomic E-state index is 0.0301. The van der Waals surface area contributed by atoms with E-state index in [-0.39, 0.29) is 12.2 Å². The van der Waals surface area contributed by atoms with Gasteiger partial charge in [0.2, 0.25) is 0 Å². The standard InChI is InChI=1S/C17H28N5O4/c1-19(2)17(23)26-15-11-22(8-4-14(15)5-9-22)13-25-12-21-7-6-20(3)16(21)10-18-24/h6-7,10,14-15H,4-5,8-9,11-13H2,1-3H3/q+1/p+1. The topological polar surface area (TPSA) is 80.2 Å². The molecule has 2 bridgehead atoms. The van der Waals surface area contributed by atoms with Crippen LogP contribution in [-0.2, 0) is 23.3 Å². The highest BCUT2D eigenvalue weighted by Gasteiger charge is 2.48. The van der Waals surface area contributed by atoms with Gasteiger partial charge in [-0.2, -0.15) is 0 Å². The molecule has 4 heterocycles. The Morgan fingerprint density at radius 2 is 2.23 bits per heavy atom. The lowest BCUT2D eigenvalue weighted by molar-refractivity contribution is -0.963. The molecule has 9 heteroatoms. The van der Waals surface area contributed by atoms with Crippen molar-refractivity contribution < 1.29 is 28.5 Å². The third-order valence-electron chi connectivity index (χ3n) is 5.55. The summed E-state index contributed by atoms with van der Waals surface area (Å²) in [5, 5.41) is 11.9. The zero-order chi connectivity index (χ0) is 18.7. The van der Waals surface area contributed by atoms with Crippen LogP contribution in [-0.4, -0.2) is 78.0 Å². The molecule has 0 radical (unpaired) electrons. The lowest BCUT2D eigenvalue weighted by Gasteiger charge is -2.51. The number of aryl methyl sites for hydroxylation is 1. The molecule has 0 aromatic carbocycles. The average molecular weight is 367 g/mol. The van der Waals surface area contributed by atoms with Crippen molar-refractivity contribution in [1.82, 2.24) is 9.47 Å². The number of ether oxygens (including phenoxy) is 2. The highest BCUT2D eigenvalue weighted by molar-refractivity contribution is 5.72. The Bertz CT molecular complexity index is 664. The smallest absolute Gasteiger partial charge is 0.409 e. The number of carbonyl (C=O) groups excluding carboxylic acids is 1. The van der Waals surface area contributed by atoms with Crippen LogP contribution < -0.4 is 4.57 Å². The van der Waals surface area contributed by atoms with Crippen molar-refractivity contribution in [3.05, 3.63) is 18.2 Å². The molecule has 0 aliphatic carbocycles. The molecule has 3 aliphatic heterocycles. The van der Waals surface area contributed by atoms with Gasteiger partial charge in [0.05, 0.1) is 20.1 Å². The number of piperidine rings is 3. The van der Waals surface area contributed by atoms with Crippen LogP contribution in [0.1, 0.15) is 18.7 Å². The Morgan fingerprint density at radius 1 is 1.50 bits per heavy atom. The number of hydrogen-bond acceptors (Lipinski definition) is 5. The number of oxime groups is 1. The second-order valence-corrected chi connectivity index (χ2v) is 7.57. The summed E-state index contributed by atoms with van der Waals surface area (Å²) in [6.45, 7) is 3.90. The van der Waals surface area contributed by atoms with Gasteiger partial charge in [-0.1, -0.05) is 5.16 Å². The van der Waals surface area contributed by atoms with Crippen molar-refractivity contribution in [2.45, 2.75) is 25.7 Å². The lowest BCUT2D eigenvalue weighted by Crippen LogP contribution is -2.65. The number of rotatable bonds is 6. The van der Waals surface area contributed by atoms with Crippen LogP contribution in [0.4, 0.5) is 4.79 Å². The monoisotopic (exact) mass is 367 g/mol. The molecule has 1 amide bonds. The average Bonchev–Trinajstić information content (AvgIpc) is 2.96. The van der Waals surface area contributed by atoms with Gasteiger partial charge in [-0.05, 0) is 0 Å². The quantitative estimate of drug-likeness (QED) is 0.259. The minimum atomic E-state index is -0.268. The zero-order valence-electron chi connectivity index (χ0n) is 15.7. The van der Waals surface area contributed by atoms with Gasteiger partial charge in [-0.15, -0.1) is 0 Å². The number of fused-ring (bicyclic) bond motifs is 3. The number of aromatic nitrogens is 2. The molecule has 1 aromatic rings. The molecule has 9 nitrogen and oxygen atoms in total. The normalized spacial score (nSPS) is 27.8. The summed E-state index contributed by atoms with van der Waals surface area (Å²) in [4.78, 5) is 13.4. The number of carbonyl (C=O) groups is 1. The van der Waals surface area contributed by atoms with Crippen LogP contribution in [0, 0.1) is 5.92 Å². The number of amides is 1. The first-order valence-corrected chi connectivity index (χ1v) is 8.97. The molecule has 3 fully saturated rings. The maximum Gasteiger partial charge on any atom is 0.409 e. The van der Waals surface area contributed by atoms with E-state index in [2.05, 4.69) is 5.16 Å². The highest BCUT2D eigenvalue weighted by Crippen LogP contribution is 2.35. The van der Waals surface area contributed by atoms with Crippen LogP contribution in [0.5, 0.6) is 0 Å². The summed E-state index contributed by atoms with van der Waals surface area (Å²) in [6.07, 6.45) is 7.00. The molecular formula is C17H29N5O4+2. The molecule has 1 aromatic heterocycles. The Hall–Kier alpha value is -2.13. The van der Waals surface area contributed by atoms with Crippen LogP contribution in [0.2, 0.25) is 0 Å². The van der Waals surface area contributed by atoms with Gasteiger partial charge >= 0.3 is 11.9 Å². The number of quaternary nitrogens is 1. The maximum absolute atomic E-state index is 11.9. The Kier molecular flexibility index (Phi) is 5.47. The maximum atomic E-state index is 11.9. The van der Waals surface area contributed by atoms with E-state index in [0.717, 1.165) is 42.8 Å². The largest absolute Gasteiger partial charge is 0.440 e. The lowest BCUT2D eigenvalue weighted by atomic mass is 9.84. The third-order valence-corrected chi connectivity index (χ3v) is 5.55. The van der Waals surface area contributed by atoms with E-state index in [1.54, 1.807) is 14.1 Å². The van der Waals surface area contributed by atoms with Gasteiger partial charge in [0.1, 0.15) is 18.9 Å². The summed E-state index contributed by atoms with van der Waals surface area (Å²) in [7, 11) is 5.30. The van der Waals surface area contributed by atoms with E-state index in [1.165, 1.54) is 11.1 Å². The fourth-order valence-electron chi connectivity index (χ4n) is 3.97. The van der Waals surface area contributed by atoms with E-state index in [4.69, 9.17) is 14.7 Å². The molecule has 144 valence electrons. The van der Waals surface area contributed by atoms with Crippen LogP contribution in [0.15, 0.2) is 17.5 Å². The Balaban J connectivity index is 1.58. The van der Waals surface area contributed by atoms with E-state index < -0.39 is 0 Å². The van der Waals surface area contributed by atoms with E-state index in [1.807, 2.05) is 28.6 Å². The molecular weight excluding hydrogens is 338 g/mol. The van der Waals surface area contributed by atoms with Crippen molar-refractivity contribution in [2.75, 3.05) is 40.5 Å². The molecule has 1 unspecified atom stereocenters. The van der Waals surface area contributed by atoms with Gasteiger partial charge in [0, 0.05) is 32.9 Å². The van der Waals surface area contributed by atoms with Crippen molar-refractivity contribution in [3.63, 3.8) is 0 Å². The Morgan fingerprint density at radius 3 is 2.88 bits per heavy atom. The minimum Gasteiger partial charge on any atom is -0.440 e. The molecule has 1 atom stereocenters. The molecule has 0 spiro atoms. The van der Waals surface area contributed by atoms with E-state index in [9.17, 15) is 4.79 Å². The van der Waals surface area contributed by atoms with Crippen molar-refractivity contribution in [1.29, 1.82) is 0 Å². The van der Waals surface area contributed by atoms with E-state index in [0.29, 0.717) is 19.4 Å². The molecule has 4 rings (SSSR count). The first-order valence-electron chi connectivity index (χ1n) is 8.97. The SMILES string of the molecule is CN(C)C(=O)OC1C[N+]2(COCn3cc[n+](C)c3C=NO)CCC1CC2. The first kappa shape index (κ1) is 18.7. The molecule has 1 N–H and O–H groups in total. The third kappa shape index (κ3) is 3.83. The first-order chi connectivity index (χ1) is 12.4. The van der Waals surface area contributed by atoms with Crippen molar-refractivity contribution in [3.8, 4) is 0 Å². The predicted octanol–water partition coefficient (Wildman–Crippen LogP) is 0.360. The molecule has 26 heavy (non-hydrogen) atoms. The summed E-state index contributed by atoms with van der Waals surface area (Å²) < 4.78 is 16.3. The summed E-state index contributed by atoms with van der Waals surface area (Å²) in [6, 6.07) is 0.